The number of thiazole rings is 1. The zero-order chi connectivity index (χ0) is 20.5. The van der Waals surface area contributed by atoms with Gasteiger partial charge in [-0.15, -0.1) is 17.9 Å². The number of aromatic nitrogens is 1. The molecule has 0 saturated heterocycles. The minimum atomic E-state index is -0.773. The number of urea groups is 1. The topological polar surface area (TPSA) is 116 Å². The number of methoxy groups -OCH3 is 2. The Morgan fingerprint density at radius 3 is 2.64 bits per heavy atom. The van der Waals surface area contributed by atoms with E-state index in [1.807, 2.05) is 5.32 Å². The molecule has 2 aromatic rings. The van der Waals surface area contributed by atoms with Crippen molar-refractivity contribution in [1.82, 2.24) is 15.6 Å². The molecule has 0 bridgehead atoms. The van der Waals surface area contributed by atoms with Crippen molar-refractivity contribution in [3.63, 3.8) is 0 Å². The highest BCUT2D eigenvalue weighted by molar-refractivity contribution is 7.13. The van der Waals surface area contributed by atoms with Crippen LogP contribution in [0.25, 0.3) is 10.6 Å². The lowest BCUT2D eigenvalue weighted by Crippen LogP contribution is -2.41. The molecule has 148 valence electrons. The van der Waals surface area contributed by atoms with E-state index in [1.165, 1.54) is 37.0 Å². The van der Waals surface area contributed by atoms with Crippen LogP contribution in [0.15, 0.2) is 36.2 Å². The van der Waals surface area contributed by atoms with Gasteiger partial charge in [0.05, 0.1) is 14.2 Å². The number of benzene rings is 1. The van der Waals surface area contributed by atoms with Gasteiger partial charge in [-0.25, -0.2) is 14.6 Å². The van der Waals surface area contributed by atoms with Crippen LogP contribution in [-0.4, -0.2) is 50.3 Å². The predicted molar refractivity (Wildman–Crippen MR) is 103 cm³/mol. The summed E-state index contributed by atoms with van der Waals surface area (Å²) in [6.07, 6.45) is 1.46. The maximum absolute atomic E-state index is 12.1. The third-order valence-corrected chi connectivity index (χ3v) is 4.23. The molecule has 0 radical (unpaired) electrons. The molecular formula is C18H19N3O6S. The fourth-order valence-electron chi connectivity index (χ4n) is 2.05. The zero-order valence-corrected chi connectivity index (χ0v) is 16.1. The lowest BCUT2D eigenvalue weighted by atomic mass is 10.2. The molecule has 1 aromatic heterocycles. The molecule has 0 aliphatic carbocycles. The molecular weight excluding hydrogens is 386 g/mol. The van der Waals surface area contributed by atoms with Gasteiger partial charge in [0.25, 0.3) is 5.91 Å². The van der Waals surface area contributed by atoms with Gasteiger partial charge in [-0.2, -0.15) is 0 Å². The number of hydrogen-bond acceptors (Lipinski definition) is 8. The number of carbonyl (C=O) groups is 3. The monoisotopic (exact) mass is 405 g/mol. The summed E-state index contributed by atoms with van der Waals surface area (Å²) in [6.45, 7) is 3.03. The quantitative estimate of drug-likeness (QED) is 0.510. The van der Waals surface area contributed by atoms with E-state index in [2.05, 4.69) is 16.9 Å². The SMILES string of the molecule is C=CCNC(=O)NC(=O)COC(=O)c1csc(-c2ccc(OC)c(OC)c2)n1. The van der Waals surface area contributed by atoms with Crippen LogP contribution in [0, 0.1) is 0 Å². The normalized spacial score (nSPS) is 9.93. The summed E-state index contributed by atoms with van der Waals surface area (Å²) in [5, 5.41) is 6.47. The molecule has 1 heterocycles. The molecule has 1 aromatic carbocycles. The number of amides is 3. The van der Waals surface area contributed by atoms with Crippen LogP contribution in [0.5, 0.6) is 11.5 Å². The molecule has 0 atom stereocenters. The van der Waals surface area contributed by atoms with Crippen LogP contribution in [0.1, 0.15) is 10.5 Å². The second-order valence-electron chi connectivity index (χ2n) is 5.23. The van der Waals surface area contributed by atoms with Gasteiger partial charge in [-0.05, 0) is 18.2 Å². The van der Waals surface area contributed by atoms with Crippen molar-refractivity contribution in [1.29, 1.82) is 0 Å². The van der Waals surface area contributed by atoms with Crippen molar-refractivity contribution in [2.45, 2.75) is 0 Å². The Balaban J connectivity index is 1.96. The van der Waals surface area contributed by atoms with Crippen molar-refractivity contribution in [3.05, 3.63) is 41.9 Å². The van der Waals surface area contributed by atoms with Crippen LogP contribution >= 0.6 is 11.3 Å². The van der Waals surface area contributed by atoms with Gasteiger partial charge < -0.3 is 19.5 Å². The van der Waals surface area contributed by atoms with E-state index < -0.39 is 24.5 Å². The van der Waals surface area contributed by atoms with Gasteiger partial charge in [0.15, 0.2) is 23.8 Å². The lowest BCUT2D eigenvalue weighted by molar-refractivity contribution is -0.123. The highest BCUT2D eigenvalue weighted by Crippen LogP contribution is 2.33. The summed E-state index contributed by atoms with van der Waals surface area (Å²) in [5.74, 6) is -0.425. The Bertz CT molecular complexity index is 880. The van der Waals surface area contributed by atoms with E-state index in [9.17, 15) is 14.4 Å². The van der Waals surface area contributed by atoms with E-state index in [0.29, 0.717) is 16.5 Å². The molecule has 0 fully saturated rings. The van der Waals surface area contributed by atoms with Crippen molar-refractivity contribution < 1.29 is 28.6 Å². The fourth-order valence-corrected chi connectivity index (χ4v) is 2.83. The molecule has 0 spiro atoms. The molecule has 2 N–H and O–H groups in total. The van der Waals surface area contributed by atoms with Crippen LogP contribution in [-0.2, 0) is 9.53 Å². The van der Waals surface area contributed by atoms with Crippen LogP contribution in [0.3, 0.4) is 0 Å². The van der Waals surface area contributed by atoms with Crippen LogP contribution in [0.2, 0.25) is 0 Å². The molecule has 3 amide bonds. The van der Waals surface area contributed by atoms with Crippen LogP contribution < -0.4 is 20.1 Å². The van der Waals surface area contributed by atoms with E-state index >= 15 is 0 Å². The van der Waals surface area contributed by atoms with Crippen molar-refractivity contribution in [2.75, 3.05) is 27.4 Å². The zero-order valence-electron chi connectivity index (χ0n) is 15.3. The van der Waals surface area contributed by atoms with E-state index in [4.69, 9.17) is 14.2 Å². The van der Waals surface area contributed by atoms with Crippen molar-refractivity contribution in [2.24, 2.45) is 0 Å². The largest absolute Gasteiger partial charge is 0.493 e. The smallest absolute Gasteiger partial charge is 0.358 e. The fraction of sp³-hybridized carbons (Fsp3) is 0.222. The Morgan fingerprint density at radius 1 is 1.21 bits per heavy atom. The summed E-state index contributed by atoms with van der Waals surface area (Å²) in [4.78, 5) is 39.2. The first-order valence-electron chi connectivity index (χ1n) is 8.02. The molecule has 10 heteroatoms. The molecule has 0 unspecified atom stereocenters. The van der Waals surface area contributed by atoms with Crippen molar-refractivity contribution >= 4 is 29.2 Å². The summed E-state index contributed by atoms with van der Waals surface area (Å²) in [6, 6.07) is 4.55. The second kappa shape index (κ2) is 10.1. The summed E-state index contributed by atoms with van der Waals surface area (Å²) in [5.41, 5.74) is 0.789. The Hall–Kier alpha value is -3.40. The summed E-state index contributed by atoms with van der Waals surface area (Å²) in [7, 11) is 3.06. The number of nitrogens with zero attached hydrogens (tertiary/aromatic N) is 1. The summed E-state index contributed by atoms with van der Waals surface area (Å²) < 4.78 is 15.3. The number of carbonyl (C=O) groups excluding carboxylic acids is 3. The number of hydrogen-bond donors (Lipinski definition) is 2. The maximum Gasteiger partial charge on any atom is 0.358 e. The minimum Gasteiger partial charge on any atom is -0.493 e. The number of esters is 1. The number of rotatable bonds is 8. The highest BCUT2D eigenvalue weighted by atomic mass is 32.1. The highest BCUT2D eigenvalue weighted by Gasteiger charge is 2.17. The third-order valence-electron chi connectivity index (χ3n) is 3.34. The third kappa shape index (κ3) is 5.55. The van der Waals surface area contributed by atoms with E-state index in [0.717, 1.165) is 5.56 Å². The van der Waals surface area contributed by atoms with E-state index in [-0.39, 0.29) is 12.2 Å². The van der Waals surface area contributed by atoms with Gasteiger partial charge in [-0.3, -0.25) is 10.1 Å². The molecule has 0 aliphatic heterocycles. The Morgan fingerprint density at radius 2 is 1.96 bits per heavy atom. The average Bonchev–Trinajstić information content (AvgIpc) is 3.20. The van der Waals surface area contributed by atoms with Gasteiger partial charge in [-0.1, -0.05) is 6.08 Å². The first-order valence-corrected chi connectivity index (χ1v) is 8.90. The molecule has 2 rings (SSSR count). The molecule has 0 aliphatic rings. The Kier molecular flexibility index (Phi) is 7.52. The number of ether oxygens (including phenoxy) is 3. The predicted octanol–water partition coefficient (Wildman–Crippen LogP) is 2.00. The van der Waals surface area contributed by atoms with Gasteiger partial charge in [0.2, 0.25) is 0 Å². The summed E-state index contributed by atoms with van der Waals surface area (Å²) >= 11 is 1.24. The van der Waals surface area contributed by atoms with Crippen molar-refractivity contribution in [3.8, 4) is 22.1 Å². The lowest BCUT2D eigenvalue weighted by Gasteiger charge is -2.08. The molecule has 0 saturated carbocycles. The maximum atomic E-state index is 12.1. The van der Waals surface area contributed by atoms with Crippen LogP contribution in [0.4, 0.5) is 4.79 Å². The standard InChI is InChI=1S/C18H19N3O6S/c1-4-7-19-18(24)21-15(22)9-27-17(23)12-10-28-16(20-12)11-5-6-13(25-2)14(8-11)26-3/h4-6,8,10H,1,7,9H2,2-3H3,(H2,19,21,22,24). The van der Waals surface area contributed by atoms with Gasteiger partial charge in [0.1, 0.15) is 5.01 Å². The van der Waals surface area contributed by atoms with Gasteiger partial charge in [0, 0.05) is 17.5 Å². The minimum absolute atomic E-state index is 0.0543. The molecule has 9 nitrogen and oxygen atoms in total. The Labute approximate surface area is 165 Å². The number of imide groups is 1. The molecule has 28 heavy (non-hydrogen) atoms. The first kappa shape index (κ1) is 20.9. The van der Waals surface area contributed by atoms with E-state index in [1.54, 1.807) is 18.2 Å². The first-order chi connectivity index (χ1) is 13.5. The second-order valence-corrected chi connectivity index (χ2v) is 6.09. The average molecular weight is 405 g/mol. The van der Waals surface area contributed by atoms with Gasteiger partial charge >= 0.3 is 12.0 Å². The number of nitrogens with one attached hydrogen (secondary N) is 2.